The van der Waals surface area contributed by atoms with Crippen LogP contribution in [0.1, 0.15) is 78.1 Å². The Kier molecular flexibility index (Phi) is 16.7. The van der Waals surface area contributed by atoms with E-state index in [0.29, 0.717) is 0 Å². The molecule has 2 atom stereocenters. The molecule has 0 amide bonds. The summed E-state index contributed by atoms with van der Waals surface area (Å²) in [4.78, 5) is 0. The van der Waals surface area contributed by atoms with Crippen LogP contribution in [-0.4, -0.2) is 12.3 Å². The molecule has 98 valence electrons. The highest BCUT2D eigenvalue weighted by atomic mass is 32.0. The molecule has 0 aliphatic heterocycles. The van der Waals surface area contributed by atoms with Crippen molar-refractivity contribution < 1.29 is 0 Å². The van der Waals surface area contributed by atoms with Gasteiger partial charge in [-0.15, -0.1) is 0 Å². The maximum Gasteiger partial charge on any atom is -0.0317 e. The summed E-state index contributed by atoms with van der Waals surface area (Å²) in [7, 11) is 2.57. The molecule has 0 aromatic rings. The highest BCUT2D eigenvalue weighted by Gasteiger charge is 1.92. The summed E-state index contributed by atoms with van der Waals surface area (Å²) >= 11 is 0. The molecule has 0 aliphatic carbocycles. The Bertz CT molecular complexity index is 101. The van der Waals surface area contributed by atoms with Crippen molar-refractivity contribution in [1.82, 2.24) is 0 Å². The van der Waals surface area contributed by atoms with Gasteiger partial charge in [0, 0.05) is 0 Å². The molecule has 0 rings (SSSR count). The summed E-state index contributed by atoms with van der Waals surface area (Å²) in [5, 5.41) is 0. The standard InChI is InChI=1S/C14H32P2/c1-3-5-7-8-9-10-12-14-16-15-13-11-6-4-2/h15-16H,3-14H2,1-2H3. The lowest BCUT2D eigenvalue weighted by atomic mass is 10.1. The Morgan fingerprint density at radius 2 is 0.875 bits per heavy atom. The van der Waals surface area contributed by atoms with Crippen LogP contribution in [-0.2, 0) is 0 Å². The number of hydrogen-bond acceptors (Lipinski definition) is 0. The van der Waals surface area contributed by atoms with E-state index in [1.807, 2.05) is 0 Å². The predicted octanol–water partition coefficient (Wildman–Crippen LogP) is 6.20. The van der Waals surface area contributed by atoms with Crippen LogP contribution in [0.25, 0.3) is 0 Å². The topological polar surface area (TPSA) is 0 Å². The van der Waals surface area contributed by atoms with Crippen LogP contribution in [0.4, 0.5) is 0 Å². The maximum absolute atomic E-state index is 2.30. The van der Waals surface area contributed by atoms with Crippen molar-refractivity contribution in [3.8, 4) is 0 Å². The number of hydrogen-bond donors (Lipinski definition) is 0. The molecule has 0 bridgehead atoms. The Labute approximate surface area is 107 Å². The summed E-state index contributed by atoms with van der Waals surface area (Å²) in [6, 6.07) is 0. The Balaban J connectivity index is 2.83. The first kappa shape index (κ1) is 16.9. The summed E-state index contributed by atoms with van der Waals surface area (Å²) in [5.74, 6) is 0. The van der Waals surface area contributed by atoms with E-state index in [-0.39, 0.29) is 0 Å². The normalized spacial score (nSPS) is 12.4. The number of rotatable bonds is 13. The molecular weight excluding hydrogens is 230 g/mol. The van der Waals surface area contributed by atoms with Crippen LogP contribution in [0.5, 0.6) is 0 Å². The Morgan fingerprint density at radius 1 is 0.500 bits per heavy atom. The molecule has 0 nitrogen and oxygen atoms in total. The third-order valence-electron chi connectivity index (χ3n) is 2.94. The van der Waals surface area contributed by atoms with E-state index in [1.165, 1.54) is 93.1 Å². The lowest BCUT2D eigenvalue weighted by Gasteiger charge is -2.02. The van der Waals surface area contributed by atoms with Gasteiger partial charge in [-0.25, -0.2) is 0 Å². The van der Waals surface area contributed by atoms with Crippen LogP contribution >= 0.6 is 16.5 Å². The molecule has 0 saturated carbocycles. The number of unbranched alkanes of at least 4 members (excludes halogenated alkanes) is 8. The molecule has 0 heterocycles. The van der Waals surface area contributed by atoms with Gasteiger partial charge in [0.05, 0.1) is 0 Å². The van der Waals surface area contributed by atoms with E-state index in [0.717, 1.165) is 0 Å². The molecule has 0 aromatic heterocycles. The Morgan fingerprint density at radius 3 is 1.44 bits per heavy atom. The third kappa shape index (κ3) is 14.9. The summed E-state index contributed by atoms with van der Waals surface area (Å²) in [5.41, 5.74) is 0. The first-order chi connectivity index (χ1) is 7.91. The monoisotopic (exact) mass is 262 g/mol. The lowest BCUT2D eigenvalue weighted by molar-refractivity contribution is 0.603. The van der Waals surface area contributed by atoms with E-state index in [1.54, 1.807) is 0 Å². The van der Waals surface area contributed by atoms with Gasteiger partial charge < -0.3 is 0 Å². The lowest BCUT2D eigenvalue weighted by Crippen LogP contribution is -1.81. The van der Waals surface area contributed by atoms with Gasteiger partial charge in [-0.1, -0.05) is 81.8 Å². The minimum absolute atomic E-state index is 1.28. The van der Waals surface area contributed by atoms with Crippen LogP contribution in [0, 0.1) is 0 Å². The zero-order valence-corrected chi connectivity index (χ0v) is 13.5. The van der Waals surface area contributed by atoms with Crippen molar-refractivity contribution in [3.63, 3.8) is 0 Å². The fourth-order valence-corrected chi connectivity index (χ4v) is 5.14. The predicted molar refractivity (Wildman–Crippen MR) is 83.9 cm³/mol. The average molecular weight is 262 g/mol. The Hall–Kier alpha value is 0.860. The zero-order valence-electron chi connectivity index (χ0n) is 11.5. The van der Waals surface area contributed by atoms with Crippen molar-refractivity contribution in [2.75, 3.05) is 12.3 Å². The van der Waals surface area contributed by atoms with Gasteiger partial charge in [0.2, 0.25) is 0 Å². The van der Waals surface area contributed by atoms with Gasteiger partial charge in [0.25, 0.3) is 0 Å². The second-order valence-electron chi connectivity index (χ2n) is 4.68. The molecule has 0 fully saturated rings. The molecule has 2 heteroatoms. The van der Waals surface area contributed by atoms with Crippen LogP contribution in [0.2, 0.25) is 0 Å². The van der Waals surface area contributed by atoms with Gasteiger partial charge in [-0.3, -0.25) is 0 Å². The van der Waals surface area contributed by atoms with Gasteiger partial charge >= 0.3 is 0 Å². The van der Waals surface area contributed by atoms with Gasteiger partial charge in [0.1, 0.15) is 0 Å². The largest absolute Gasteiger partial charge is 0.0992 e. The summed E-state index contributed by atoms with van der Waals surface area (Å²) < 4.78 is 0. The highest BCUT2D eigenvalue weighted by molar-refractivity contribution is 8.11. The average Bonchev–Trinajstić information content (AvgIpc) is 2.31. The van der Waals surface area contributed by atoms with E-state index < -0.39 is 0 Å². The van der Waals surface area contributed by atoms with E-state index in [4.69, 9.17) is 0 Å². The zero-order chi connectivity index (χ0) is 11.9. The molecule has 0 spiro atoms. The van der Waals surface area contributed by atoms with Crippen molar-refractivity contribution in [2.45, 2.75) is 78.1 Å². The first-order valence-electron chi connectivity index (χ1n) is 7.37. The van der Waals surface area contributed by atoms with Crippen molar-refractivity contribution >= 4 is 16.5 Å². The second kappa shape index (κ2) is 15.9. The summed E-state index contributed by atoms with van der Waals surface area (Å²) in [6.45, 7) is 4.59. The minimum Gasteiger partial charge on any atom is -0.0992 e. The van der Waals surface area contributed by atoms with Gasteiger partial charge in [0.15, 0.2) is 0 Å². The molecule has 2 unspecified atom stereocenters. The smallest absolute Gasteiger partial charge is 0.0317 e. The summed E-state index contributed by atoms with van der Waals surface area (Å²) in [6.07, 6.45) is 17.6. The maximum atomic E-state index is 2.30. The molecule has 0 radical (unpaired) electrons. The van der Waals surface area contributed by atoms with E-state index in [9.17, 15) is 0 Å². The van der Waals surface area contributed by atoms with Crippen LogP contribution in [0.15, 0.2) is 0 Å². The fourth-order valence-electron chi connectivity index (χ4n) is 1.81. The van der Waals surface area contributed by atoms with Crippen LogP contribution in [0.3, 0.4) is 0 Å². The highest BCUT2D eigenvalue weighted by Crippen LogP contribution is 2.38. The molecule has 0 saturated heterocycles. The van der Waals surface area contributed by atoms with Gasteiger partial charge in [-0.2, -0.15) is 0 Å². The van der Waals surface area contributed by atoms with Crippen LogP contribution < -0.4 is 0 Å². The van der Waals surface area contributed by atoms with Gasteiger partial charge in [-0.05, 0) is 25.2 Å². The SMILES string of the molecule is CCCCCCCCCPPCCCCC. The molecule has 16 heavy (non-hydrogen) atoms. The van der Waals surface area contributed by atoms with E-state index >= 15 is 0 Å². The minimum atomic E-state index is 1.28. The van der Waals surface area contributed by atoms with Crippen molar-refractivity contribution in [1.29, 1.82) is 0 Å². The third-order valence-corrected chi connectivity index (χ3v) is 6.64. The fraction of sp³-hybridized carbons (Fsp3) is 1.00. The quantitative estimate of drug-likeness (QED) is 0.274. The second-order valence-corrected chi connectivity index (χ2v) is 8.51. The van der Waals surface area contributed by atoms with Crippen molar-refractivity contribution in [2.24, 2.45) is 0 Å². The molecule has 0 aromatic carbocycles. The first-order valence-corrected chi connectivity index (χ1v) is 10.8. The molecule has 0 N–H and O–H groups in total. The van der Waals surface area contributed by atoms with E-state index in [2.05, 4.69) is 13.8 Å². The molecular formula is C14H32P2. The molecule has 0 aliphatic rings. The van der Waals surface area contributed by atoms with Crippen molar-refractivity contribution in [3.05, 3.63) is 0 Å².